The first kappa shape index (κ1) is 17.7. The monoisotopic (exact) mass is 313 g/mol. The summed E-state index contributed by atoms with van der Waals surface area (Å²) in [5.41, 5.74) is 1.12. The molecule has 0 heterocycles. The van der Waals surface area contributed by atoms with E-state index in [9.17, 15) is 13.2 Å². The Balaban J connectivity index is 2.79. The van der Waals surface area contributed by atoms with Crippen LogP contribution in [0.1, 0.15) is 44.6 Å². The van der Waals surface area contributed by atoms with Gasteiger partial charge in [0.2, 0.25) is 10.0 Å². The van der Waals surface area contributed by atoms with Crippen LogP contribution in [-0.4, -0.2) is 37.4 Å². The first-order chi connectivity index (χ1) is 9.78. The number of carboxylic acid groups (broad SMARTS) is 1. The van der Waals surface area contributed by atoms with E-state index in [0.29, 0.717) is 12.3 Å². The van der Waals surface area contributed by atoms with E-state index >= 15 is 0 Å². The fraction of sp³-hybridized carbons (Fsp3) is 0.533. The van der Waals surface area contributed by atoms with E-state index < -0.39 is 16.0 Å². The van der Waals surface area contributed by atoms with Crippen molar-refractivity contribution < 1.29 is 18.3 Å². The summed E-state index contributed by atoms with van der Waals surface area (Å²) in [6, 6.07) is 6.91. The lowest BCUT2D eigenvalue weighted by molar-refractivity contribution is -0.137. The molecule has 1 N–H and O–H groups in total. The predicted octanol–water partition coefficient (Wildman–Crippen LogP) is 2.69. The van der Waals surface area contributed by atoms with E-state index in [4.69, 9.17) is 5.11 Å². The number of rotatable bonds is 8. The molecule has 1 aromatic carbocycles. The van der Waals surface area contributed by atoms with Gasteiger partial charge in [0.15, 0.2) is 0 Å². The molecule has 118 valence electrons. The predicted molar refractivity (Wildman–Crippen MR) is 81.8 cm³/mol. The van der Waals surface area contributed by atoms with Crippen LogP contribution in [0.25, 0.3) is 0 Å². The van der Waals surface area contributed by atoms with Crippen molar-refractivity contribution in [2.24, 2.45) is 0 Å². The number of aliphatic carboxylic acids is 1. The Kier molecular flexibility index (Phi) is 6.36. The second kappa shape index (κ2) is 7.56. The molecule has 0 saturated heterocycles. The summed E-state index contributed by atoms with van der Waals surface area (Å²) in [5.74, 6) is -0.520. The van der Waals surface area contributed by atoms with Crippen molar-refractivity contribution in [2.45, 2.75) is 43.9 Å². The molecule has 0 aromatic heterocycles. The van der Waals surface area contributed by atoms with E-state index in [1.807, 2.05) is 12.1 Å². The first-order valence-corrected chi connectivity index (χ1v) is 8.51. The number of hydrogen-bond donors (Lipinski definition) is 1. The molecular formula is C15H23NO4S. The van der Waals surface area contributed by atoms with E-state index in [2.05, 4.69) is 13.8 Å². The second-order valence-electron chi connectivity index (χ2n) is 5.20. The third-order valence-electron chi connectivity index (χ3n) is 3.63. The molecule has 1 atom stereocenters. The number of benzene rings is 1. The van der Waals surface area contributed by atoms with Crippen molar-refractivity contribution in [1.82, 2.24) is 4.31 Å². The lowest BCUT2D eigenvalue weighted by atomic mass is 9.99. The summed E-state index contributed by atoms with van der Waals surface area (Å²) in [4.78, 5) is 10.7. The molecule has 0 saturated carbocycles. The summed E-state index contributed by atoms with van der Waals surface area (Å²) >= 11 is 0. The molecule has 0 spiro atoms. The highest BCUT2D eigenvalue weighted by atomic mass is 32.2. The number of sulfonamides is 1. The lowest BCUT2D eigenvalue weighted by Gasteiger charge is -2.17. The van der Waals surface area contributed by atoms with Crippen LogP contribution >= 0.6 is 0 Å². The molecule has 6 heteroatoms. The fourth-order valence-corrected chi connectivity index (χ4v) is 3.17. The zero-order valence-corrected chi connectivity index (χ0v) is 13.6. The van der Waals surface area contributed by atoms with Gasteiger partial charge in [0, 0.05) is 20.0 Å². The van der Waals surface area contributed by atoms with Crippen molar-refractivity contribution in [2.75, 3.05) is 13.6 Å². The quantitative estimate of drug-likeness (QED) is 0.800. The molecular weight excluding hydrogens is 290 g/mol. The van der Waals surface area contributed by atoms with Gasteiger partial charge in [-0.3, -0.25) is 4.79 Å². The molecule has 1 unspecified atom stereocenters. The smallest absolute Gasteiger partial charge is 0.303 e. The van der Waals surface area contributed by atoms with Gasteiger partial charge in [0.1, 0.15) is 0 Å². The minimum atomic E-state index is -3.55. The Morgan fingerprint density at radius 1 is 1.29 bits per heavy atom. The van der Waals surface area contributed by atoms with Crippen LogP contribution in [0.15, 0.2) is 29.2 Å². The van der Waals surface area contributed by atoms with Crippen molar-refractivity contribution in [1.29, 1.82) is 0 Å². The Morgan fingerprint density at radius 2 is 1.86 bits per heavy atom. The van der Waals surface area contributed by atoms with Gasteiger partial charge in [-0.05, 0) is 36.5 Å². The largest absolute Gasteiger partial charge is 0.481 e. The normalized spacial score (nSPS) is 13.3. The van der Waals surface area contributed by atoms with Gasteiger partial charge in [0.05, 0.1) is 4.90 Å². The van der Waals surface area contributed by atoms with Crippen LogP contribution in [0.3, 0.4) is 0 Å². The third-order valence-corrected chi connectivity index (χ3v) is 5.50. The summed E-state index contributed by atoms with van der Waals surface area (Å²) in [5, 5.41) is 8.58. The second-order valence-corrected chi connectivity index (χ2v) is 7.25. The third kappa shape index (κ3) is 4.82. The van der Waals surface area contributed by atoms with Gasteiger partial charge in [-0.2, -0.15) is 0 Å². The van der Waals surface area contributed by atoms with Gasteiger partial charge in [-0.15, -0.1) is 0 Å². The maximum absolute atomic E-state index is 12.3. The molecule has 1 rings (SSSR count). The number of carboxylic acids is 1. The molecule has 5 nitrogen and oxygen atoms in total. The van der Waals surface area contributed by atoms with Gasteiger partial charge < -0.3 is 5.11 Å². The van der Waals surface area contributed by atoms with E-state index in [1.165, 1.54) is 11.4 Å². The molecule has 0 radical (unpaired) electrons. The van der Waals surface area contributed by atoms with E-state index in [0.717, 1.165) is 12.0 Å². The average Bonchev–Trinajstić information content (AvgIpc) is 2.46. The zero-order valence-electron chi connectivity index (χ0n) is 12.7. The minimum absolute atomic E-state index is 0.0349. The molecule has 1 aromatic rings. The first-order valence-electron chi connectivity index (χ1n) is 7.07. The highest BCUT2D eigenvalue weighted by molar-refractivity contribution is 7.89. The van der Waals surface area contributed by atoms with Crippen LogP contribution in [0.2, 0.25) is 0 Å². The van der Waals surface area contributed by atoms with Crippen molar-refractivity contribution in [3.8, 4) is 0 Å². The van der Waals surface area contributed by atoms with Crippen molar-refractivity contribution >= 4 is 16.0 Å². The van der Waals surface area contributed by atoms with Crippen molar-refractivity contribution in [3.63, 3.8) is 0 Å². The Bertz CT molecular complexity index is 566. The number of hydrogen-bond acceptors (Lipinski definition) is 3. The molecule has 0 aliphatic rings. The van der Waals surface area contributed by atoms with Crippen LogP contribution < -0.4 is 0 Å². The number of nitrogens with zero attached hydrogens (tertiary/aromatic N) is 1. The molecule has 0 aliphatic heterocycles. The van der Waals surface area contributed by atoms with Gasteiger partial charge in [-0.25, -0.2) is 12.7 Å². The number of carbonyl (C=O) groups is 1. The summed E-state index contributed by atoms with van der Waals surface area (Å²) in [6.45, 7) is 4.38. The average molecular weight is 313 g/mol. The lowest BCUT2D eigenvalue weighted by Crippen LogP contribution is -2.28. The maximum Gasteiger partial charge on any atom is 0.303 e. The minimum Gasteiger partial charge on any atom is -0.481 e. The topological polar surface area (TPSA) is 74.7 Å². The van der Waals surface area contributed by atoms with Gasteiger partial charge >= 0.3 is 5.97 Å². The van der Waals surface area contributed by atoms with E-state index in [1.54, 1.807) is 12.1 Å². The SMILES string of the molecule is CCC(C)c1ccc(S(=O)(=O)N(C)CCCC(=O)O)cc1. The summed E-state index contributed by atoms with van der Waals surface area (Å²) in [7, 11) is -2.07. The van der Waals surface area contributed by atoms with Crippen LogP contribution in [0, 0.1) is 0 Å². The molecule has 0 fully saturated rings. The van der Waals surface area contributed by atoms with Crippen molar-refractivity contribution in [3.05, 3.63) is 29.8 Å². The molecule has 0 bridgehead atoms. The Labute approximate surface area is 126 Å². The highest BCUT2D eigenvalue weighted by Crippen LogP contribution is 2.22. The maximum atomic E-state index is 12.3. The van der Waals surface area contributed by atoms with Crippen LogP contribution in [0.5, 0.6) is 0 Å². The van der Waals surface area contributed by atoms with E-state index in [-0.39, 0.29) is 17.9 Å². The molecule has 0 aliphatic carbocycles. The van der Waals surface area contributed by atoms with Crippen LogP contribution in [-0.2, 0) is 14.8 Å². The zero-order chi connectivity index (χ0) is 16.0. The molecule has 21 heavy (non-hydrogen) atoms. The highest BCUT2D eigenvalue weighted by Gasteiger charge is 2.20. The van der Waals surface area contributed by atoms with Gasteiger partial charge in [-0.1, -0.05) is 26.0 Å². The summed E-state index contributed by atoms with van der Waals surface area (Å²) in [6.07, 6.45) is 1.27. The standard InChI is InChI=1S/C15H23NO4S/c1-4-12(2)13-7-9-14(10-8-13)21(19,20)16(3)11-5-6-15(17)18/h7-10,12H,4-6,11H2,1-3H3,(H,17,18). The summed E-state index contributed by atoms with van der Waals surface area (Å²) < 4.78 is 25.9. The Morgan fingerprint density at radius 3 is 2.33 bits per heavy atom. The fourth-order valence-electron chi connectivity index (χ4n) is 1.96. The van der Waals surface area contributed by atoms with Gasteiger partial charge in [0.25, 0.3) is 0 Å². The molecule has 0 amide bonds. The Hall–Kier alpha value is -1.40. The van der Waals surface area contributed by atoms with Crippen LogP contribution in [0.4, 0.5) is 0 Å².